The fourth-order valence-corrected chi connectivity index (χ4v) is 2.20. The first-order valence-electron chi connectivity index (χ1n) is 7.74. The van der Waals surface area contributed by atoms with Crippen LogP contribution in [0.5, 0.6) is 0 Å². The van der Waals surface area contributed by atoms with Gasteiger partial charge in [0.2, 0.25) is 5.95 Å². The second kappa shape index (κ2) is 7.96. The van der Waals surface area contributed by atoms with Crippen LogP contribution in [0.2, 0.25) is 0 Å². The molecular weight excluding hydrogens is 302 g/mol. The van der Waals surface area contributed by atoms with Crippen LogP contribution in [0.1, 0.15) is 11.1 Å². The monoisotopic (exact) mass is 321 g/mol. The molecule has 122 valence electrons. The number of aromatic nitrogens is 5. The molecule has 7 heteroatoms. The molecule has 1 N–H and O–H groups in total. The van der Waals surface area contributed by atoms with Crippen molar-refractivity contribution in [2.75, 3.05) is 23.8 Å². The molecule has 0 aliphatic carbocycles. The standard InChI is InChI=1S/C17H19N7/c1-24(10-6-14-4-8-18-9-5-14)16-13-21-23-17(22-16)20-12-15-3-2-7-19-11-15/h2-5,7-9,11,13H,6,10,12H2,1H3,(H,20,22,23). The van der Waals surface area contributed by atoms with Gasteiger partial charge in [0.1, 0.15) is 0 Å². The second-order valence-corrected chi connectivity index (χ2v) is 5.38. The summed E-state index contributed by atoms with van der Waals surface area (Å²) in [4.78, 5) is 14.7. The molecule has 24 heavy (non-hydrogen) atoms. The Kier molecular flexibility index (Phi) is 5.24. The molecule has 3 rings (SSSR count). The topological polar surface area (TPSA) is 79.7 Å². The molecule has 0 fully saturated rings. The lowest BCUT2D eigenvalue weighted by molar-refractivity contribution is 0.835. The fraction of sp³-hybridized carbons (Fsp3) is 0.235. The summed E-state index contributed by atoms with van der Waals surface area (Å²) in [6.45, 7) is 1.45. The summed E-state index contributed by atoms with van der Waals surface area (Å²) in [7, 11) is 2.00. The first-order chi connectivity index (χ1) is 11.8. The van der Waals surface area contributed by atoms with E-state index in [0.29, 0.717) is 12.5 Å². The summed E-state index contributed by atoms with van der Waals surface area (Å²) < 4.78 is 0. The van der Waals surface area contributed by atoms with Gasteiger partial charge in [0.05, 0.1) is 6.20 Å². The maximum atomic E-state index is 4.51. The molecule has 0 saturated carbocycles. The lowest BCUT2D eigenvalue weighted by Gasteiger charge is -2.18. The van der Waals surface area contributed by atoms with Crippen LogP contribution in [0, 0.1) is 0 Å². The number of anilines is 2. The van der Waals surface area contributed by atoms with E-state index in [4.69, 9.17) is 0 Å². The number of nitrogens with zero attached hydrogens (tertiary/aromatic N) is 6. The maximum absolute atomic E-state index is 4.51. The van der Waals surface area contributed by atoms with E-state index in [1.165, 1.54) is 5.56 Å². The zero-order valence-electron chi connectivity index (χ0n) is 13.5. The minimum atomic E-state index is 0.507. The molecule has 0 aliphatic heterocycles. The summed E-state index contributed by atoms with van der Waals surface area (Å²) in [6, 6.07) is 7.94. The highest BCUT2D eigenvalue weighted by molar-refractivity contribution is 5.39. The minimum Gasteiger partial charge on any atom is -0.358 e. The van der Waals surface area contributed by atoms with E-state index in [0.717, 1.165) is 24.3 Å². The van der Waals surface area contributed by atoms with Gasteiger partial charge >= 0.3 is 0 Å². The third-order valence-electron chi connectivity index (χ3n) is 3.60. The van der Waals surface area contributed by atoms with E-state index >= 15 is 0 Å². The van der Waals surface area contributed by atoms with Crippen LogP contribution in [0.3, 0.4) is 0 Å². The average Bonchev–Trinajstić information content (AvgIpc) is 2.66. The number of hydrogen-bond acceptors (Lipinski definition) is 7. The molecule has 0 unspecified atom stereocenters. The van der Waals surface area contributed by atoms with Crippen molar-refractivity contribution in [3.63, 3.8) is 0 Å². The summed E-state index contributed by atoms with van der Waals surface area (Å²) in [5.41, 5.74) is 2.31. The summed E-state index contributed by atoms with van der Waals surface area (Å²) in [5.74, 6) is 1.29. The number of rotatable bonds is 7. The minimum absolute atomic E-state index is 0.507. The molecule has 7 nitrogen and oxygen atoms in total. The maximum Gasteiger partial charge on any atom is 0.244 e. The Morgan fingerprint density at radius 2 is 1.88 bits per heavy atom. The van der Waals surface area contributed by atoms with Gasteiger partial charge in [-0.3, -0.25) is 9.97 Å². The Morgan fingerprint density at radius 3 is 2.67 bits per heavy atom. The highest BCUT2D eigenvalue weighted by Crippen LogP contribution is 2.10. The van der Waals surface area contributed by atoms with Crippen molar-refractivity contribution in [1.29, 1.82) is 0 Å². The van der Waals surface area contributed by atoms with Gasteiger partial charge < -0.3 is 10.2 Å². The quantitative estimate of drug-likeness (QED) is 0.712. The Balaban J connectivity index is 1.57. The lowest BCUT2D eigenvalue weighted by atomic mass is 10.2. The van der Waals surface area contributed by atoms with Gasteiger partial charge in [-0.05, 0) is 35.7 Å². The van der Waals surface area contributed by atoms with Gasteiger partial charge in [-0.15, -0.1) is 5.10 Å². The Labute approximate surface area is 140 Å². The first-order valence-corrected chi connectivity index (χ1v) is 7.74. The van der Waals surface area contributed by atoms with Crippen LogP contribution < -0.4 is 10.2 Å². The molecule has 0 amide bonds. The fourth-order valence-electron chi connectivity index (χ4n) is 2.20. The van der Waals surface area contributed by atoms with E-state index in [2.05, 4.69) is 35.4 Å². The van der Waals surface area contributed by atoms with Crippen molar-refractivity contribution < 1.29 is 0 Å². The van der Waals surface area contributed by atoms with Gasteiger partial charge in [0.15, 0.2) is 5.82 Å². The smallest absolute Gasteiger partial charge is 0.244 e. The van der Waals surface area contributed by atoms with Crippen LogP contribution >= 0.6 is 0 Å². The number of likely N-dealkylation sites (N-methyl/N-ethyl adjacent to an activating group) is 1. The number of nitrogens with one attached hydrogen (secondary N) is 1. The van der Waals surface area contributed by atoms with Crippen molar-refractivity contribution in [3.8, 4) is 0 Å². The zero-order valence-corrected chi connectivity index (χ0v) is 13.5. The summed E-state index contributed by atoms with van der Waals surface area (Å²) in [5, 5.41) is 11.2. The van der Waals surface area contributed by atoms with Gasteiger partial charge in [0.25, 0.3) is 0 Å². The van der Waals surface area contributed by atoms with Crippen molar-refractivity contribution in [1.82, 2.24) is 25.1 Å². The van der Waals surface area contributed by atoms with Crippen LogP contribution in [-0.2, 0) is 13.0 Å². The Hall–Kier alpha value is -3.09. The molecule has 3 aromatic rings. The lowest BCUT2D eigenvalue weighted by Crippen LogP contribution is -2.22. The van der Waals surface area contributed by atoms with Crippen molar-refractivity contribution in [3.05, 3.63) is 66.4 Å². The summed E-state index contributed by atoms with van der Waals surface area (Å²) in [6.07, 6.45) is 9.76. The third kappa shape index (κ3) is 4.45. The predicted molar refractivity (Wildman–Crippen MR) is 92.6 cm³/mol. The summed E-state index contributed by atoms with van der Waals surface area (Å²) >= 11 is 0. The molecule has 0 radical (unpaired) electrons. The van der Waals surface area contributed by atoms with E-state index in [-0.39, 0.29) is 0 Å². The SMILES string of the molecule is CN(CCc1ccncc1)c1cnnc(NCc2cccnc2)n1. The molecule has 0 atom stereocenters. The van der Waals surface area contributed by atoms with Crippen molar-refractivity contribution in [2.45, 2.75) is 13.0 Å². The van der Waals surface area contributed by atoms with Crippen LogP contribution in [-0.4, -0.2) is 38.7 Å². The highest BCUT2D eigenvalue weighted by Gasteiger charge is 2.06. The molecule has 3 heterocycles. The van der Waals surface area contributed by atoms with E-state index in [9.17, 15) is 0 Å². The van der Waals surface area contributed by atoms with Crippen molar-refractivity contribution >= 4 is 11.8 Å². The Morgan fingerprint density at radius 1 is 1.00 bits per heavy atom. The highest BCUT2D eigenvalue weighted by atomic mass is 15.3. The number of pyridine rings is 2. The van der Waals surface area contributed by atoms with Gasteiger partial charge in [-0.1, -0.05) is 6.07 Å². The normalized spacial score (nSPS) is 10.4. The molecular formula is C17H19N7. The zero-order chi connectivity index (χ0) is 16.6. The predicted octanol–water partition coefficient (Wildman–Crippen LogP) is 1.95. The van der Waals surface area contributed by atoms with E-state index in [1.54, 1.807) is 12.4 Å². The van der Waals surface area contributed by atoms with E-state index < -0.39 is 0 Å². The molecule has 0 bridgehead atoms. The van der Waals surface area contributed by atoms with Crippen molar-refractivity contribution in [2.24, 2.45) is 0 Å². The molecule has 0 saturated heterocycles. The second-order valence-electron chi connectivity index (χ2n) is 5.38. The molecule has 0 spiro atoms. The van der Waals surface area contributed by atoms with Crippen LogP contribution in [0.15, 0.2) is 55.2 Å². The van der Waals surface area contributed by atoms with Gasteiger partial charge in [-0.25, -0.2) is 0 Å². The third-order valence-corrected chi connectivity index (χ3v) is 3.60. The average molecular weight is 321 g/mol. The first kappa shape index (κ1) is 15.8. The van der Waals surface area contributed by atoms with Gasteiger partial charge in [0, 0.05) is 44.9 Å². The van der Waals surface area contributed by atoms with Gasteiger partial charge in [-0.2, -0.15) is 10.1 Å². The largest absolute Gasteiger partial charge is 0.358 e. The molecule has 0 aliphatic rings. The Bertz CT molecular complexity index is 749. The molecule has 0 aromatic carbocycles. The van der Waals surface area contributed by atoms with Crippen LogP contribution in [0.25, 0.3) is 0 Å². The number of hydrogen-bond donors (Lipinski definition) is 1. The molecule has 3 aromatic heterocycles. The van der Waals surface area contributed by atoms with Crippen LogP contribution in [0.4, 0.5) is 11.8 Å². The van der Waals surface area contributed by atoms with E-state index in [1.807, 2.05) is 49.9 Å².